The van der Waals surface area contributed by atoms with Crippen LogP contribution in [-0.2, 0) is 0 Å². The summed E-state index contributed by atoms with van der Waals surface area (Å²) in [4.78, 5) is 30.9. The molecule has 0 atom stereocenters. The molecule has 0 aliphatic heterocycles. The van der Waals surface area contributed by atoms with Gasteiger partial charge in [0.2, 0.25) is 0 Å². The maximum atomic E-state index is 13.3. The molecular weight excluding hydrogens is 515 g/mol. The number of aromatic nitrogens is 1. The summed E-state index contributed by atoms with van der Waals surface area (Å²) in [5.74, 6) is -0.964. The van der Waals surface area contributed by atoms with Gasteiger partial charge in [-0.2, -0.15) is 10.1 Å². The van der Waals surface area contributed by atoms with Gasteiger partial charge in [-0.25, -0.2) is 0 Å². The van der Waals surface area contributed by atoms with Crippen LogP contribution in [0.3, 0.4) is 0 Å². The lowest BCUT2D eigenvalue weighted by molar-refractivity contribution is 0.0990. The van der Waals surface area contributed by atoms with Crippen molar-refractivity contribution < 1.29 is 14.7 Å². The zero-order chi connectivity index (χ0) is 24.2. The molecule has 3 heterocycles. The maximum Gasteiger partial charge on any atom is 0.288 e. The van der Waals surface area contributed by atoms with E-state index in [0.717, 1.165) is 16.3 Å². The first kappa shape index (κ1) is 23.9. The van der Waals surface area contributed by atoms with Crippen LogP contribution in [0.25, 0.3) is 10.4 Å². The quantitative estimate of drug-likeness (QED) is 0.212. The number of hydrogen-bond acceptors (Lipinski definition) is 7. The van der Waals surface area contributed by atoms with Crippen molar-refractivity contribution in [3.8, 4) is 16.2 Å². The molecule has 4 rings (SSSR count). The van der Waals surface area contributed by atoms with Gasteiger partial charge in [-0.15, -0.1) is 22.7 Å². The third kappa shape index (κ3) is 4.97. The van der Waals surface area contributed by atoms with Crippen molar-refractivity contribution >= 4 is 75.3 Å². The van der Waals surface area contributed by atoms with Gasteiger partial charge in [0.1, 0.15) is 5.69 Å². The summed E-state index contributed by atoms with van der Waals surface area (Å²) in [5, 5.41) is 21.2. The van der Waals surface area contributed by atoms with E-state index in [1.807, 2.05) is 0 Å². The highest BCUT2D eigenvalue weighted by atomic mass is 35.5. The molecule has 2 amide bonds. The third-order valence-corrected chi connectivity index (χ3v) is 7.36. The van der Waals surface area contributed by atoms with Gasteiger partial charge in [-0.3, -0.25) is 14.6 Å². The topological polar surface area (TPSA) is 94.9 Å². The fraction of sp³-hybridized carbons (Fsp3) is 0.0435. The molecule has 0 aliphatic rings. The summed E-state index contributed by atoms with van der Waals surface area (Å²) in [6.07, 6.45) is 4.57. The molecule has 3 aromatic heterocycles. The van der Waals surface area contributed by atoms with Crippen LogP contribution >= 0.6 is 45.9 Å². The largest absolute Gasteiger partial charge is 0.504 e. The highest BCUT2D eigenvalue weighted by Crippen LogP contribution is 2.45. The van der Waals surface area contributed by atoms with Crippen molar-refractivity contribution in [2.24, 2.45) is 5.10 Å². The Balaban J connectivity index is 1.60. The Hall–Kier alpha value is -3.24. The number of pyridine rings is 1. The third-order valence-electron chi connectivity index (χ3n) is 4.54. The van der Waals surface area contributed by atoms with Gasteiger partial charge in [0.05, 0.1) is 36.6 Å². The minimum absolute atomic E-state index is 0.117. The Labute approximate surface area is 212 Å². The normalized spacial score (nSPS) is 11.0. The van der Waals surface area contributed by atoms with Crippen LogP contribution in [0, 0.1) is 0 Å². The summed E-state index contributed by atoms with van der Waals surface area (Å²) < 4.78 is 0. The molecule has 0 aliphatic carbocycles. The van der Waals surface area contributed by atoms with Crippen molar-refractivity contribution in [2.75, 3.05) is 10.3 Å². The molecule has 0 fully saturated rings. The molecule has 172 valence electrons. The minimum Gasteiger partial charge on any atom is -0.504 e. The summed E-state index contributed by atoms with van der Waals surface area (Å²) in [6, 6.07) is 11.5. The van der Waals surface area contributed by atoms with E-state index in [1.54, 1.807) is 61.0 Å². The van der Waals surface area contributed by atoms with Crippen molar-refractivity contribution in [3.63, 3.8) is 0 Å². The van der Waals surface area contributed by atoms with Crippen LogP contribution in [0.1, 0.15) is 26.3 Å². The molecule has 4 aromatic rings. The lowest BCUT2D eigenvalue weighted by atomic mass is 10.1. The van der Waals surface area contributed by atoms with Gasteiger partial charge in [0, 0.05) is 17.8 Å². The number of amides is 2. The van der Waals surface area contributed by atoms with Crippen molar-refractivity contribution in [2.45, 2.75) is 6.92 Å². The number of aromatic hydroxyl groups is 1. The van der Waals surface area contributed by atoms with Crippen LogP contribution in [0.4, 0.5) is 11.4 Å². The van der Waals surface area contributed by atoms with Crippen LogP contribution in [0.15, 0.2) is 65.3 Å². The number of rotatable bonds is 6. The molecule has 0 radical (unpaired) electrons. The molecule has 0 unspecified atom stereocenters. The number of benzene rings is 1. The van der Waals surface area contributed by atoms with Crippen molar-refractivity contribution in [3.05, 3.63) is 80.0 Å². The highest BCUT2D eigenvalue weighted by molar-refractivity contribution is 7.16. The molecule has 0 bridgehead atoms. The Morgan fingerprint density at radius 1 is 1.15 bits per heavy atom. The van der Waals surface area contributed by atoms with Gasteiger partial charge in [0.25, 0.3) is 11.8 Å². The second kappa shape index (κ2) is 10.4. The minimum atomic E-state index is -0.489. The molecule has 0 saturated carbocycles. The number of hydrogen-bond donors (Lipinski definition) is 2. The predicted octanol–water partition coefficient (Wildman–Crippen LogP) is 6.79. The summed E-state index contributed by atoms with van der Waals surface area (Å²) in [7, 11) is 0. The Bertz CT molecular complexity index is 1390. The molecule has 34 heavy (non-hydrogen) atoms. The second-order valence-corrected chi connectivity index (χ2v) is 9.56. The lowest BCUT2D eigenvalue weighted by Gasteiger charge is -2.15. The average molecular weight is 531 g/mol. The molecular formula is C23H16Cl2N4O3S2. The zero-order valence-corrected chi connectivity index (χ0v) is 20.7. The smallest absolute Gasteiger partial charge is 0.288 e. The van der Waals surface area contributed by atoms with Gasteiger partial charge in [0.15, 0.2) is 5.75 Å². The molecule has 1 aromatic carbocycles. The number of carbonyl (C=O) groups is 2. The first-order valence-corrected chi connectivity index (χ1v) is 12.2. The Kier molecular flexibility index (Phi) is 7.28. The maximum absolute atomic E-state index is 13.3. The second-order valence-electron chi connectivity index (χ2n) is 6.78. The van der Waals surface area contributed by atoms with E-state index >= 15 is 0 Å². The van der Waals surface area contributed by atoms with E-state index in [1.165, 1.54) is 23.7 Å². The monoisotopic (exact) mass is 530 g/mol. The highest BCUT2D eigenvalue weighted by Gasteiger charge is 2.26. The van der Waals surface area contributed by atoms with E-state index < -0.39 is 5.91 Å². The lowest BCUT2D eigenvalue weighted by Crippen LogP contribution is -2.24. The van der Waals surface area contributed by atoms with Crippen molar-refractivity contribution in [1.29, 1.82) is 0 Å². The SMILES string of the molecule is CC=NN(C(=O)c1ccc(C(=O)Nc2cccnc2)s1)c1csc(-c2ccc(Cl)c(Cl)c2)c1O. The van der Waals surface area contributed by atoms with Crippen LogP contribution in [0.5, 0.6) is 5.75 Å². The standard InChI is InChI=1S/C23H16Cl2N4O3S2/c1-2-27-29(17-12-33-21(20(17)30)13-5-6-15(24)16(25)10-13)23(32)19-8-7-18(34-19)22(31)28-14-4-3-9-26-11-14/h2-12,30H,1H3,(H,28,31). The summed E-state index contributed by atoms with van der Waals surface area (Å²) in [6.45, 7) is 1.66. The van der Waals surface area contributed by atoms with Gasteiger partial charge >= 0.3 is 0 Å². The number of carbonyl (C=O) groups excluding carboxylic acids is 2. The van der Waals surface area contributed by atoms with E-state index in [4.69, 9.17) is 23.2 Å². The summed E-state index contributed by atoms with van der Waals surface area (Å²) in [5.41, 5.74) is 1.41. The number of halogens is 2. The molecule has 0 spiro atoms. The first-order chi connectivity index (χ1) is 16.4. The summed E-state index contributed by atoms with van der Waals surface area (Å²) >= 11 is 14.4. The van der Waals surface area contributed by atoms with E-state index in [2.05, 4.69) is 15.4 Å². The predicted molar refractivity (Wildman–Crippen MR) is 139 cm³/mol. The molecule has 2 N–H and O–H groups in total. The molecule has 0 saturated heterocycles. The fourth-order valence-electron chi connectivity index (χ4n) is 2.98. The van der Waals surface area contributed by atoms with Crippen molar-refractivity contribution in [1.82, 2.24) is 4.98 Å². The van der Waals surface area contributed by atoms with Gasteiger partial charge in [-0.05, 0) is 48.9 Å². The fourth-order valence-corrected chi connectivity index (χ4v) is 5.03. The van der Waals surface area contributed by atoms with E-state index in [0.29, 0.717) is 31.1 Å². The first-order valence-electron chi connectivity index (χ1n) is 9.79. The average Bonchev–Trinajstić information content (AvgIpc) is 3.47. The van der Waals surface area contributed by atoms with Crippen LogP contribution in [0.2, 0.25) is 10.0 Å². The van der Waals surface area contributed by atoms with Gasteiger partial charge in [-0.1, -0.05) is 29.3 Å². The number of thiophene rings is 2. The van der Waals surface area contributed by atoms with Crippen LogP contribution in [-0.4, -0.2) is 28.1 Å². The Morgan fingerprint density at radius 3 is 2.65 bits per heavy atom. The molecule has 11 heteroatoms. The van der Waals surface area contributed by atoms with E-state index in [-0.39, 0.29) is 22.2 Å². The number of nitrogens with one attached hydrogen (secondary N) is 1. The number of anilines is 2. The molecule has 7 nitrogen and oxygen atoms in total. The van der Waals surface area contributed by atoms with E-state index in [9.17, 15) is 14.7 Å². The number of hydrazone groups is 1. The zero-order valence-electron chi connectivity index (χ0n) is 17.5. The Morgan fingerprint density at radius 2 is 1.94 bits per heavy atom. The van der Waals surface area contributed by atoms with Gasteiger partial charge < -0.3 is 10.4 Å². The van der Waals surface area contributed by atoms with Crippen LogP contribution < -0.4 is 10.3 Å². The number of nitrogens with zero attached hydrogens (tertiary/aromatic N) is 3.